The number of nitrogens with zero attached hydrogens (tertiary/aromatic N) is 2. The van der Waals surface area contributed by atoms with Gasteiger partial charge in [-0.1, -0.05) is 6.07 Å². The summed E-state index contributed by atoms with van der Waals surface area (Å²) in [5, 5.41) is 2.81. The lowest BCUT2D eigenvalue weighted by Gasteiger charge is -2.23. The van der Waals surface area contributed by atoms with E-state index in [9.17, 15) is 9.59 Å². The van der Waals surface area contributed by atoms with Crippen LogP contribution in [0.5, 0.6) is 5.75 Å². The van der Waals surface area contributed by atoms with Crippen molar-refractivity contribution in [3.05, 3.63) is 47.8 Å². The van der Waals surface area contributed by atoms with Crippen LogP contribution in [0.25, 0.3) is 16.9 Å². The number of fused-ring (bicyclic) bond motifs is 2. The molecule has 6 nitrogen and oxygen atoms in total. The molecule has 0 bridgehead atoms. The van der Waals surface area contributed by atoms with Crippen LogP contribution in [0.1, 0.15) is 23.0 Å². The third kappa shape index (κ3) is 2.15. The molecule has 1 N–H and O–H groups in total. The van der Waals surface area contributed by atoms with E-state index in [0.717, 1.165) is 17.4 Å². The minimum absolute atomic E-state index is 0.194. The van der Waals surface area contributed by atoms with Crippen molar-refractivity contribution in [2.45, 2.75) is 20.0 Å². The van der Waals surface area contributed by atoms with Gasteiger partial charge in [0.1, 0.15) is 22.8 Å². The van der Waals surface area contributed by atoms with E-state index in [0.29, 0.717) is 28.5 Å². The fraction of sp³-hybridized carbons (Fsp3) is 0.167. The second-order valence-electron chi connectivity index (χ2n) is 5.86. The zero-order valence-corrected chi connectivity index (χ0v) is 13.2. The van der Waals surface area contributed by atoms with Gasteiger partial charge < -0.3 is 10.1 Å². The Kier molecular flexibility index (Phi) is 3.13. The van der Waals surface area contributed by atoms with Gasteiger partial charge >= 0.3 is 0 Å². The van der Waals surface area contributed by atoms with Crippen LogP contribution in [0, 0.1) is 6.92 Å². The number of aldehydes is 1. The van der Waals surface area contributed by atoms with Crippen LogP contribution in [0.4, 0.5) is 5.69 Å². The first kappa shape index (κ1) is 14.4. The highest BCUT2D eigenvalue weighted by molar-refractivity contribution is 5.98. The summed E-state index contributed by atoms with van der Waals surface area (Å²) in [4.78, 5) is 28.0. The van der Waals surface area contributed by atoms with Gasteiger partial charge in [-0.3, -0.25) is 14.0 Å². The second kappa shape index (κ2) is 5.19. The predicted octanol–water partition coefficient (Wildman–Crippen LogP) is 2.84. The fourth-order valence-electron chi connectivity index (χ4n) is 2.85. The zero-order chi connectivity index (χ0) is 16.8. The third-order valence-electron chi connectivity index (χ3n) is 4.10. The number of carbonyl (C=O) groups excluding carboxylic acids is 2. The summed E-state index contributed by atoms with van der Waals surface area (Å²) in [7, 11) is 0. The Bertz CT molecular complexity index is 991. The topological polar surface area (TPSA) is 72.7 Å². The summed E-state index contributed by atoms with van der Waals surface area (Å²) in [5.74, 6) is 0.416. The van der Waals surface area contributed by atoms with Crippen molar-refractivity contribution >= 4 is 23.5 Å². The van der Waals surface area contributed by atoms with E-state index in [1.165, 1.54) is 0 Å². The van der Waals surface area contributed by atoms with Crippen LogP contribution >= 0.6 is 0 Å². The first-order valence-corrected chi connectivity index (χ1v) is 7.62. The summed E-state index contributed by atoms with van der Waals surface area (Å²) < 4.78 is 7.33. The van der Waals surface area contributed by atoms with Crippen molar-refractivity contribution < 1.29 is 14.3 Å². The van der Waals surface area contributed by atoms with Crippen LogP contribution in [-0.2, 0) is 4.79 Å². The Labute approximate surface area is 138 Å². The zero-order valence-electron chi connectivity index (χ0n) is 13.2. The molecule has 0 fully saturated rings. The van der Waals surface area contributed by atoms with Gasteiger partial charge in [-0.25, -0.2) is 4.98 Å². The van der Waals surface area contributed by atoms with E-state index >= 15 is 0 Å². The number of amides is 1. The van der Waals surface area contributed by atoms with E-state index in [2.05, 4.69) is 10.3 Å². The van der Waals surface area contributed by atoms with Gasteiger partial charge in [0.2, 0.25) is 0 Å². The molecule has 1 atom stereocenters. The maximum Gasteiger partial charge on any atom is 0.265 e. The molecule has 1 aromatic carbocycles. The highest BCUT2D eigenvalue weighted by atomic mass is 16.5. The molecular weight excluding hydrogens is 306 g/mol. The molecule has 24 heavy (non-hydrogen) atoms. The number of benzene rings is 1. The normalized spacial score (nSPS) is 16.4. The highest BCUT2D eigenvalue weighted by Gasteiger charge is 2.24. The summed E-state index contributed by atoms with van der Waals surface area (Å²) in [5.41, 5.74) is 4.12. The van der Waals surface area contributed by atoms with Gasteiger partial charge in [-0.05, 0) is 43.7 Å². The Balaban J connectivity index is 1.88. The van der Waals surface area contributed by atoms with Gasteiger partial charge in [0.05, 0.1) is 5.69 Å². The maximum absolute atomic E-state index is 11.8. The maximum atomic E-state index is 11.8. The largest absolute Gasteiger partial charge is 0.479 e. The number of rotatable bonds is 2. The van der Waals surface area contributed by atoms with Gasteiger partial charge in [-0.15, -0.1) is 0 Å². The summed E-state index contributed by atoms with van der Waals surface area (Å²) in [6.07, 6.45) is 2.15. The van der Waals surface area contributed by atoms with Gasteiger partial charge in [-0.2, -0.15) is 0 Å². The molecule has 0 saturated carbocycles. The van der Waals surface area contributed by atoms with E-state index in [4.69, 9.17) is 4.74 Å². The second-order valence-corrected chi connectivity index (χ2v) is 5.86. The SMILES string of the molecule is Cc1ccc2nc(-c3ccc4c(c3)NC(=O)C(C)O4)c(C=O)n2c1. The van der Waals surface area contributed by atoms with Crippen LogP contribution in [0.2, 0.25) is 0 Å². The number of ether oxygens (including phenoxy) is 1. The number of nitrogens with one attached hydrogen (secondary N) is 1. The van der Waals surface area contributed by atoms with Gasteiger partial charge in [0.15, 0.2) is 12.4 Å². The molecule has 1 unspecified atom stereocenters. The molecule has 1 aliphatic rings. The lowest BCUT2D eigenvalue weighted by molar-refractivity contribution is -0.122. The number of anilines is 1. The van der Waals surface area contributed by atoms with Crippen molar-refractivity contribution in [2.24, 2.45) is 0 Å². The molecular formula is C18H15N3O3. The number of aromatic nitrogens is 2. The Hall–Kier alpha value is -3.15. The van der Waals surface area contributed by atoms with Crippen molar-refractivity contribution in [1.29, 1.82) is 0 Å². The quantitative estimate of drug-likeness (QED) is 0.737. The van der Waals surface area contributed by atoms with Crippen molar-refractivity contribution in [3.8, 4) is 17.0 Å². The smallest absolute Gasteiger partial charge is 0.265 e. The first-order chi connectivity index (χ1) is 11.6. The predicted molar refractivity (Wildman–Crippen MR) is 89.5 cm³/mol. The molecule has 0 radical (unpaired) electrons. The Morgan fingerprint density at radius 1 is 1.29 bits per heavy atom. The number of aryl methyl sites for hydroxylation is 1. The van der Waals surface area contributed by atoms with Crippen molar-refractivity contribution in [1.82, 2.24) is 9.38 Å². The molecule has 3 heterocycles. The molecule has 1 amide bonds. The molecule has 2 aromatic heterocycles. The number of hydrogen-bond acceptors (Lipinski definition) is 4. The Morgan fingerprint density at radius 3 is 2.92 bits per heavy atom. The third-order valence-corrected chi connectivity index (χ3v) is 4.10. The van der Waals surface area contributed by atoms with Crippen molar-refractivity contribution in [2.75, 3.05) is 5.32 Å². The van der Waals surface area contributed by atoms with Crippen molar-refractivity contribution in [3.63, 3.8) is 0 Å². The van der Waals surface area contributed by atoms with E-state index < -0.39 is 6.10 Å². The molecule has 0 aliphatic carbocycles. The standard InChI is InChI=1S/C18H15N3O3/c1-10-3-6-16-20-17(14(9-22)21(16)8-10)12-4-5-15-13(7-12)19-18(23)11(2)24-15/h3-9,11H,1-2H3,(H,19,23). The number of imidazole rings is 1. The molecule has 0 spiro atoms. The summed E-state index contributed by atoms with van der Waals surface area (Å²) in [6, 6.07) is 9.22. The van der Waals surface area contributed by atoms with E-state index in [1.54, 1.807) is 23.5 Å². The highest BCUT2D eigenvalue weighted by Crippen LogP contribution is 2.34. The summed E-state index contributed by atoms with van der Waals surface area (Å²) >= 11 is 0. The molecule has 3 aromatic rings. The van der Waals surface area contributed by atoms with E-state index in [-0.39, 0.29) is 5.91 Å². The monoisotopic (exact) mass is 321 g/mol. The van der Waals surface area contributed by atoms with Crippen LogP contribution < -0.4 is 10.1 Å². The minimum Gasteiger partial charge on any atom is -0.479 e. The molecule has 4 rings (SSSR count). The van der Waals surface area contributed by atoms with Gasteiger partial charge in [0, 0.05) is 11.8 Å². The van der Waals surface area contributed by atoms with E-state index in [1.807, 2.05) is 31.3 Å². The van der Waals surface area contributed by atoms with Gasteiger partial charge in [0.25, 0.3) is 5.91 Å². The average molecular weight is 321 g/mol. The molecule has 1 aliphatic heterocycles. The number of pyridine rings is 1. The van der Waals surface area contributed by atoms with Crippen LogP contribution in [0.3, 0.4) is 0 Å². The lowest BCUT2D eigenvalue weighted by Crippen LogP contribution is -2.34. The Morgan fingerprint density at radius 2 is 2.12 bits per heavy atom. The molecule has 6 heteroatoms. The molecule has 120 valence electrons. The molecule has 0 saturated heterocycles. The minimum atomic E-state index is -0.521. The van der Waals surface area contributed by atoms with Crippen LogP contribution in [0.15, 0.2) is 36.5 Å². The average Bonchev–Trinajstić information content (AvgIpc) is 2.93. The first-order valence-electron chi connectivity index (χ1n) is 7.62. The van der Waals surface area contributed by atoms with Crippen LogP contribution in [-0.4, -0.2) is 27.7 Å². The number of carbonyl (C=O) groups is 2. The lowest BCUT2D eigenvalue weighted by atomic mass is 10.1. The fourth-order valence-corrected chi connectivity index (χ4v) is 2.85. The number of hydrogen-bond donors (Lipinski definition) is 1. The summed E-state index contributed by atoms with van der Waals surface area (Å²) in [6.45, 7) is 3.65.